The van der Waals surface area contributed by atoms with E-state index in [-0.39, 0.29) is 19.4 Å². The van der Waals surface area contributed by atoms with Gasteiger partial charge in [0.1, 0.15) is 6.61 Å². The maximum atomic E-state index is 12.4. The Hall–Kier alpha value is -1.21. The summed E-state index contributed by atoms with van der Waals surface area (Å²) < 4.78 is 26.4. The number of unbranched alkanes of at least 4 members (excludes halogenated alkanes) is 26. The van der Waals surface area contributed by atoms with Crippen molar-refractivity contribution < 1.29 is 37.9 Å². The normalized spacial score (nSPS) is 12.5. The lowest BCUT2D eigenvalue weighted by Gasteiger charge is -2.18. The molecule has 0 unspecified atom stereocenters. The van der Waals surface area contributed by atoms with Gasteiger partial charge in [0.25, 0.3) is 0 Å². The molecule has 0 aliphatic heterocycles. The van der Waals surface area contributed by atoms with Crippen LogP contribution in [0.3, 0.4) is 0 Å². The lowest BCUT2D eigenvalue weighted by atomic mass is 10.0. The van der Waals surface area contributed by atoms with E-state index in [1.165, 1.54) is 128 Å². The molecular formula is C40H77O8P. The van der Waals surface area contributed by atoms with Gasteiger partial charge in [0.15, 0.2) is 6.10 Å². The van der Waals surface area contributed by atoms with Crippen molar-refractivity contribution in [1.29, 1.82) is 0 Å². The van der Waals surface area contributed by atoms with Crippen LogP contribution in [0.5, 0.6) is 0 Å². The van der Waals surface area contributed by atoms with Gasteiger partial charge in [-0.2, -0.15) is 0 Å². The summed E-state index contributed by atoms with van der Waals surface area (Å²) in [6.07, 6.45) is 39.3. The van der Waals surface area contributed by atoms with Crippen molar-refractivity contribution in [3.8, 4) is 0 Å². The van der Waals surface area contributed by atoms with Gasteiger partial charge in [0.2, 0.25) is 0 Å². The minimum absolute atomic E-state index is 0.217. The number of rotatable bonds is 38. The van der Waals surface area contributed by atoms with Crippen molar-refractivity contribution in [3.05, 3.63) is 12.2 Å². The van der Waals surface area contributed by atoms with Crippen LogP contribution in [0.15, 0.2) is 12.2 Å². The van der Waals surface area contributed by atoms with E-state index in [2.05, 4.69) is 30.5 Å². The monoisotopic (exact) mass is 717 g/mol. The summed E-state index contributed by atoms with van der Waals surface area (Å²) in [7, 11) is -4.75. The summed E-state index contributed by atoms with van der Waals surface area (Å²) in [5, 5.41) is 0. The first-order valence-electron chi connectivity index (χ1n) is 20.5. The zero-order valence-electron chi connectivity index (χ0n) is 31.9. The van der Waals surface area contributed by atoms with Gasteiger partial charge < -0.3 is 19.3 Å². The van der Waals surface area contributed by atoms with Gasteiger partial charge in [-0.25, -0.2) is 4.57 Å². The highest BCUT2D eigenvalue weighted by Gasteiger charge is 2.22. The van der Waals surface area contributed by atoms with Crippen LogP contribution in [0, 0.1) is 0 Å². The van der Waals surface area contributed by atoms with Crippen molar-refractivity contribution in [2.45, 2.75) is 219 Å². The maximum absolute atomic E-state index is 12.4. The molecular weight excluding hydrogens is 639 g/mol. The molecule has 0 spiro atoms. The Morgan fingerprint density at radius 1 is 0.510 bits per heavy atom. The molecule has 0 bridgehead atoms. The zero-order valence-corrected chi connectivity index (χ0v) is 32.8. The predicted molar refractivity (Wildman–Crippen MR) is 202 cm³/mol. The van der Waals surface area contributed by atoms with Gasteiger partial charge in [-0.05, 0) is 38.5 Å². The van der Waals surface area contributed by atoms with Crippen LogP contribution >= 0.6 is 7.82 Å². The smallest absolute Gasteiger partial charge is 0.462 e. The fourth-order valence-corrected chi connectivity index (χ4v) is 6.32. The van der Waals surface area contributed by atoms with Crippen molar-refractivity contribution in [2.75, 3.05) is 13.2 Å². The van der Waals surface area contributed by atoms with Gasteiger partial charge >= 0.3 is 19.8 Å². The number of esters is 2. The average Bonchev–Trinajstić information content (AvgIpc) is 3.07. The Balaban J connectivity index is 3.90. The molecule has 0 aromatic rings. The lowest BCUT2D eigenvalue weighted by Crippen LogP contribution is -2.29. The second kappa shape index (κ2) is 36.6. The molecule has 0 aromatic heterocycles. The third kappa shape index (κ3) is 39.4. The molecule has 290 valence electrons. The van der Waals surface area contributed by atoms with Crippen molar-refractivity contribution in [3.63, 3.8) is 0 Å². The van der Waals surface area contributed by atoms with E-state index in [1.807, 2.05) is 0 Å². The van der Waals surface area contributed by atoms with E-state index in [4.69, 9.17) is 19.3 Å². The summed E-state index contributed by atoms with van der Waals surface area (Å²) in [6, 6.07) is 0. The summed E-state index contributed by atoms with van der Waals surface area (Å²) in [5.74, 6) is -0.879. The Bertz CT molecular complexity index is 812. The first-order valence-corrected chi connectivity index (χ1v) is 22.0. The number of carbonyl (C=O) groups excluding carboxylic acids is 2. The Morgan fingerprint density at radius 3 is 1.24 bits per heavy atom. The molecule has 0 heterocycles. The highest BCUT2D eigenvalue weighted by atomic mass is 31.2. The molecule has 2 N–H and O–H groups in total. The molecule has 0 amide bonds. The van der Waals surface area contributed by atoms with E-state index in [0.717, 1.165) is 51.4 Å². The number of allylic oxidation sites excluding steroid dienone is 2. The molecule has 9 heteroatoms. The van der Waals surface area contributed by atoms with Gasteiger partial charge in [-0.3, -0.25) is 14.1 Å². The van der Waals surface area contributed by atoms with Gasteiger partial charge in [-0.15, -0.1) is 0 Å². The van der Waals surface area contributed by atoms with Crippen LogP contribution in [0.25, 0.3) is 0 Å². The van der Waals surface area contributed by atoms with Crippen LogP contribution in [-0.2, 0) is 28.2 Å². The molecule has 0 aromatic carbocycles. The highest BCUT2D eigenvalue weighted by Crippen LogP contribution is 2.36. The number of phosphoric ester groups is 1. The number of ether oxygens (including phenoxy) is 2. The fraction of sp³-hybridized carbons (Fsp3) is 0.900. The SMILES string of the molecule is CCCCCCCC/C=C\CCCCCCCCCC(=O)OC[C@H](COP(=O)(O)O)OC(=O)CCCCCCCCCCCCCCCC. The van der Waals surface area contributed by atoms with E-state index in [0.29, 0.717) is 6.42 Å². The van der Waals surface area contributed by atoms with Gasteiger partial charge in [-0.1, -0.05) is 174 Å². The second-order valence-electron chi connectivity index (χ2n) is 14.0. The second-order valence-corrected chi connectivity index (χ2v) is 15.2. The first-order chi connectivity index (χ1) is 23.8. The molecule has 0 aliphatic carbocycles. The number of hydrogen-bond donors (Lipinski definition) is 2. The van der Waals surface area contributed by atoms with Crippen LogP contribution < -0.4 is 0 Å². The summed E-state index contributed by atoms with van der Waals surface area (Å²) >= 11 is 0. The van der Waals surface area contributed by atoms with Crippen LogP contribution in [0.2, 0.25) is 0 Å². The van der Waals surface area contributed by atoms with E-state index in [1.54, 1.807) is 0 Å². The molecule has 0 rings (SSSR count). The highest BCUT2D eigenvalue weighted by molar-refractivity contribution is 7.46. The minimum atomic E-state index is -4.75. The molecule has 8 nitrogen and oxygen atoms in total. The number of hydrogen-bond acceptors (Lipinski definition) is 6. The minimum Gasteiger partial charge on any atom is -0.462 e. The fourth-order valence-electron chi connectivity index (χ4n) is 5.96. The van der Waals surface area contributed by atoms with Gasteiger partial charge in [0.05, 0.1) is 6.61 Å². The summed E-state index contributed by atoms with van der Waals surface area (Å²) in [4.78, 5) is 42.8. The molecule has 0 fully saturated rings. The van der Waals surface area contributed by atoms with Gasteiger partial charge in [0, 0.05) is 12.8 Å². The number of carbonyl (C=O) groups is 2. The topological polar surface area (TPSA) is 119 Å². The Kier molecular flexibility index (Phi) is 35.7. The van der Waals surface area contributed by atoms with Crippen molar-refractivity contribution in [2.24, 2.45) is 0 Å². The third-order valence-electron chi connectivity index (χ3n) is 9.03. The van der Waals surface area contributed by atoms with E-state index in [9.17, 15) is 14.2 Å². The maximum Gasteiger partial charge on any atom is 0.469 e. The molecule has 0 saturated carbocycles. The Morgan fingerprint density at radius 2 is 0.857 bits per heavy atom. The molecule has 49 heavy (non-hydrogen) atoms. The first kappa shape index (κ1) is 47.8. The van der Waals surface area contributed by atoms with E-state index >= 15 is 0 Å². The standard InChI is InChI=1S/C40H77O8P/c1-3-5-7-9-11-13-15-17-19-20-21-23-24-26-28-30-32-34-39(41)46-36-38(37-47-49(43,44)45)48-40(42)35-33-31-29-27-25-22-18-16-14-12-10-8-6-4-2/h17,19,38H,3-16,18,20-37H2,1-2H3,(H2,43,44,45)/b19-17-/t38-/m1/s1. The van der Waals surface area contributed by atoms with Crippen molar-refractivity contribution >= 4 is 19.8 Å². The molecule has 0 saturated heterocycles. The zero-order chi connectivity index (χ0) is 36.1. The van der Waals surface area contributed by atoms with Crippen LogP contribution in [-0.4, -0.2) is 41.0 Å². The molecule has 0 aliphatic rings. The molecule has 1 atom stereocenters. The summed E-state index contributed by atoms with van der Waals surface area (Å²) in [6.45, 7) is 3.69. The van der Waals surface area contributed by atoms with Crippen LogP contribution in [0.1, 0.15) is 213 Å². The lowest BCUT2D eigenvalue weighted by molar-refractivity contribution is -0.161. The van der Waals surface area contributed by atoms with E-state index < -0.39 is 32.5 Å². The molecule has 0 radical (unpaired) electrons. The largest absolute Gasteiger partial charge is 0.469 e. The predicted octanol–water partition coefficient (Wildman–Crippen LogP) is 12.2. The quantitative estimate of drug-likeness (QED) is 0.0280. The number of phosphoric acid groups is 1. The summed E-state index contributed by atoms with van der Waals surface area (Å²) in [5.41, 5.74) is 0. The Labute approximate surface area is 301 Å². The van der Waals surface area contributed by atoms with Crippen LogP contribution in [0.4, 0.5) is 0 Å². The average molecular weight is 717 g/mol. The third-order valence-corrected chi connectivity index (χ3v) is 9.52. The van der Waals surface area contributed by atoms with Crippen molar-refractivity contribution in [1.82, 2.24) is 0 Å².